The molecular weight excluding hydrogens is 590 g/mol. The van der Waals surface area contributed by atoms with Gasteiger partial charge in [-0.3, -0.25) is 4.79 Å². The number of aliphatic hydroxyl groups is 1. The first-order valence-electron chi connectivity index (χ1n) is 13.2. The fraction of sp³-hybridized carbons (Fsp3) is 0.536. The van der Waals surface area contributed by atoms with Crippen LogP contribution in [0.2, 0.25) is 15.1 Å². The standard InChI is InChI=1S/C28H33Cl3F3N3O3/c1-35(2)17-18-3-4-22(16-25(18)31)36-9-5-23(6-10-36)40-24-7-11-37(12-8-24)26(38)27(39,28(32,33)34)19-13-20(29)15-21(30)14-19/h3-4,13-16,23-24,39H,5-12,17H2,1-2H3. The largest absolute Gasteiger partial charge is 0.430 e. The Kier molecular flexibility index (Phi) is 9.85. The molecule has 2 aliphatic heterocycles. The van der Waals surface area contributed by atoms with Crippen molar-refractivity contribution in [2.24, 2.45) is 0 Å². The highest BCUT2D eigenvalue weighted by molar-refractivity contribution is 6.34. The maximum absolute atomic E-state index is 14.1. The molecule has 1 N–H and O–H groups in total. The molecule has 1 amide bonds. The second-order valence-electron chi connectivity index (χ2n) is 10.7. The van der Waals surface area contributed by atoms with Crippen molar-refractivity contribution >= 4 is 46.4 Å². The number of anilines is 1. The zero-order chi connectivity index (χ0) is 29.2. The van der Waals surface area contributed by atoms with Gasteiger partial charge in [-0.2, -0.15) is 13.2 Å². The fourth-order valence-corrected chi connectivity index (χ4v) is 6.08. The first kappa shape index (κ1) is 31.2. The van der Waals surface area contributed by atoms with Gasteiger partial charge < -0.3 is 24.5 Å². The number of hydrogen-bond acceptors (Lipinski definition) is 5. The van der Waals surface area contributed by atoms with Gasteiger partial charge in [-0.1, -0.05) is 40.9 Å². The minimum absolute atomic E-state index is 0.0210. The average molecular weight is 623 g/mol. The van der Waals surface area contributed by atoms with E-state index in [0.29, 0.717) is 12.8 Å². The van der Waals surface area contributed by atoms with Crippen LogP contribution in [0.15, 0.2) is 36.4 Å². The van der Waals surface area contributed by atoms with Crippen molar-refractivity contribution in [1.82, 2.24) is 9.80 Å². The summed E-state index contributed by atoms with van der Waals surface area (Å²) in [6.45, 7) is 2.43. The Morgan fingerprint density at radius 1 is 0.950 bits per heavy atom. The molecule has 2 fully saturated rings. The van der Waals surface area contributed by atoms with Crippen molar-refractivity contribution in [2.75, 3.05) is 45.2 Å². The third-order valence-electron chi connectivity index (χ3n) is 7.44. The molecule has 1 atom stereocenters. The molecule has 2 aromatic carbocycles. The van der Waals surface area contributed by atoms with E-state index in [1.54, 1.807) is 0 Å². The highest BCUT2D eigenvalue weighted by atomic mass is 35.5. The van der Waals surface area contributed by atoms with Crippen molar-refractivity contribution in [3.05, 3.63) is 62.6 Å². The molecule has 4 rings (SSSR count). The highest BCUT2D eigenvalue weighted by Crippen LogP contribution is 2.42. The van der Waals surface area contributed by atoms with Gasteiger partial charge in [0.2, 0.25) is 0 Å². The summed E-state index contributed by atoms with van der Waals surface area (Å²) in [4.78, 5) is 18.4. The van der Waals surface area contributed by atoms with Crippen molar-refractivity contribution < 1.29 is 27.8 Å². The van der Waals surface area contributed by atoms with Crippen LogP contribution in [0.3, 0.4) is 0 Å². The lowest BCUT2D eigenvalue weighted by atomic mass is 9.90. The molecule has 0 saturated carbocycles. The Hall–Kier alpha value is -1.75. The number of carbonyl (C=O) groups excluding carboxylic acids is 1. The Morgan fingerprint density at radius 3 is 2.00 bits per heavy atom. The lowest BCUT2D eigenvalue weighted by molar-refractivity contribution is -0.262. The number of carbonyl (C=O) groups is 1. The summed E-state index contributed by atoms with van der Waals surface area (Å²) < 4.78 is 48.5. The first-order valence-corrected chi connectivity index (χ1v) is 14.3. The van der Waals surface area contributed by atoms with Crippen LogP contribution in [0.4, 0.5) is 18.9 Å². The number of amides is 1. The predicted octanol–water partition coefficient (Wildman–Crippen LogP) is 6.13. The number of nitrogens with zero attached hydrogens (tertiary/aromatic N) is 3. The molecule has 220 valence electrons. The van der Waals surface area contributed by atoms with Crippen LogP contribution in [0.5, 0.6) is 0 Å². The third-order valence-corrected chi connectivity index (χ3v) is 8.23. The van der Waals surface area contributed by atoms with Gasteiger partial charge in [0.15, 0.2) is 0 Å². The SMILES string of the molecule is CN(C)Cc1ccc(N2CCC(OC3CCN(C(=O)C(O)(c4cc(Cl)cc(Cl)c4)C(F)(F)F)CC3)CC2)cc1Cl. The molecule has 12 heteroatoms. The fourth-order valence-electron chi connectivity index (χ4n) is 5.32. The number of hydrogen-bond donors (Lipinski definition) is 1. The zero-order valence-electron chi connectivity index (χ0n) is 22.4. The van der Waals surface area contributed by atoms with Crippen molar-refractivity contribution in [2.45, 2.75) is 56.2 Å². The third kappa shape index (κ3) is 6.99. The van der Waals surface area contributed by atoms with Crippen LogP contribution in [-0.4, -0.2) is 79.5 Å². The molecule has 0 bridgehead atoms. The summed E-state index contributed by atoms with van der Waals surface area (Å²) in [5.41, 5.74) is -2.32. The molecule has 1 unspecified atom stereocenters. The predicted molar refractivity (Wildman–Crippen MR) is 151 cm³/mol. The Morgan fingerprint density at radius 2 is 1.50 bits per heavy atom. The number of rotatable bonds is 7. The summed E-state index contributed by atoms with van der Waals surface area (Å²) in [5, 5.41) is 11.2. The van der Waals surface area contributed by atoms with Crippen molar-refractivity contribution in [3.8, 4) is 0 Å². The van der Waals surface area contributed by atoms with Gasteiger partial charge in [0.1, 0.15) is 0 Å². The van der Waals surface area contributed by atoms with Crippen molar-refractivity contribution in [3.63, 3.8) is 0 Å². The Labute approximate surface area is 247 Å². The lowest BCUT2D eigenvalue weighted by Gasteiger charge is -2.40. The van der Waals surface area contributed by atoms with E-state index in [-0.39, 0.29) is 35.3 Å². The number of ether oxygens (including phenoxy) is 1. The van der Waals surface area contributed by atoms with Crippen LogP contribution in [0, 0.1) is 0 Å². The zero-order valence-corrected chi connectivity index (χ0v) is 24.6. The molecule has 2 saturated heterocycles. The van der Waals surface area contributed by atoms with Gasteiger partial charge in [-0.15, -0.1) is 0 Å². The van der Waals surface area contributed by atoms with Crippen LogP contribution in [0.25, 0.3) is 0 Å². The monoisotopic (exact) mass is 621 g/mol. The lowest BCUT2D eigenvalue weighted by Crippen LogP contribution is -2.57. The van der Waals surface area contributed by atoms with E-state index in [4.69, 9.17) is 39.5 Å². The van der Waals surface area contributed by atoms with Gasteiger partial charge in [0, 0.05) is 59.0 Å². The highest BCUT2D eigenvalue weighted by Gasteiger charge is 2.62. The normalized spacial score (nSPS) is 19.2. The second-order valence-corrected chi connectivity index (χ2v) is 12.0. The van der Waals surface area contributed by atoms with E-state index in [1.165, 1.54) is 6.07 Å². The molecule has 6 nitrogen and oxygen atoms in total. The van der Waals surface area contributed by atoms with Gasteiger partial charge in [-0.05, 0) is 75.7 Å². The summed E-state index contributed by atoms with van der Waals surface area (Å²) >= 11 is 18.2. The Bertz CT molecular complexity index is 1180. The van der Waals surface area contributed by atoms with E-state index in [0.717, 1.165) is 65.8 Å². The van der Waals surface area contributed by atoms with E-state index >= 15 is 0 Å². The van der Waals surface area contributed by atoms with Crippen LogP contribution < -0.4 is 4.90 Å². The quantitative estimate of drug-likeness (QED) is 0.403. The Balaban J connectivity index is 1.31. The second kappa shape index (κ2) is 12.6. The smallest absolute Gasteiger partial charge is 0.375 e. The number of halogens is 6. The van der Waals surface area contributed by atoms with Crippen LogP contribution >= 0.6 is 34.8 Å². The van der Waals surface area contributed by atoms with E-state index in [2.05, 4.69) is 21.9 Å². The number of piperidine rings is 2. The summed E-state index contributed by atoms with van der Waals surface area (Å²) in [6.07, 6.45) is -3.07. The number of likely N-dealkylation sites (tertiary alicyclic amines) is 1. The molecular formula is C28H33Cl3F3N3O3. The molecule has 2 heterocycles. The van der Waals surface area contributed by atoms with E-state index in [1.807, 2.05) is 20.2 Å². The minimum Gasteiger partial charge on any atom is -0.375 e. The van der Waals surface area contributed by atoms with Crippen molar-refractivity contribution in [1.29, 1.82) is 0 Å². The molecule has 0 spiro atoms. The van der Waals surface area contributed by atoms with Gasteiger partial charge in [-0.25, -0.2) is 0 Å². The van der Waals surface area contributed by atoms with E-state index in [9.17, 15) is 23.1 Å². The molecule has 2 aliphatic rings. The topological polar surface area (TPSA) is 56.2 Å². The average Bonchev–Trinajstić information content (AvgIpc) is 2.88. The molecule has 0 aliphatic carbocycles. The first-order chi connectivity index (χ1) is 18.8. The number of alkyl halides is 3. The maximum atomic E-state index is 14.1. The number of benzene rings is 2. The van der Waals surface area contributed by atoms with Gasteiger partial charge >= 0.3 is 6.18 Å². The maximum Gasteiger partial charge on any atom is 0.430 e. The molecule has 40 heavy (non-hydrogen) atoms. The van der Waals surface area contributed by atoms with E-state index < -0.39 is 23.2 Å². The molecule has 2 aromatic rings. The molecule has 0 aromatic heterocycles. The minimum atomic E-state index is -5.27. The van der Waals surface area contributed by atoms with Crippen LogP contribution in [0.1, 0.15) is 36.8 Å². The summed E-state index contributed by atoms with van der Waals surface area (Å²) in [6, 6.07) is 9.18. The summed E-state index contributed by atoms with van der Waals surface area (Å²) in [7, 11) is 3.99. The van der Waals surface area contributed by atoms with Gasteiger partial charge in [0.05, 0.1) is 12.2 Å². The molecule has 0 radical (unpaired) electrons. The van der Waals surface area contributed by atoms with Crippen LogP contribution in [-0.2, 0) is 21.7 Å². The van der Waals surface area contributed by atoms with Gasteiger partial charge in [0.25, 0.3) is 11.5 Å². The summed E-state index contributed by atoms with van der Waals surface area (Å²) in [5.74, 6) is -1.44.